The van der Waals surface area contributed by atoms with E-state index in [0.717, 1.165) is 11.1 Å². The zero-order valence-corrected chi connectivity index (χ0v) is 17.2. The largest absolute Gasteiger partial charge is 0.322 e. The van der Waals surface area contributed by atoms with Crippen LogP contribution in [0.4, 0.5) is 15.8 Å². The molecular formula is C21H18ClFN2O3S. The number of aryl methyl sites for hydroxylation is 2. The number of benzene rings is 3. The molecule has 1 amide bonds. The van der Waals surface area contributed by atoms with Gasteiger partial charge in [0.15, 0.2) is 0 Å². The molecule has 8 heteroatoms. The summed E-state index contributed by atoms with van der Waals surface area (Å²) in [6.07, 6.45) is 0. The van der Waals surface area contributed by atoms with E-state index in [2.05, 4.69) is 10.0 Å². The molecule has 3 aromatic carbocycles. The molecule has 2 N–H and O–H groups in total. The first-order valence-electron chi connectivity index (χ1n) is 8.62. The van der Waals surface area contributed by atoms with Crippen LogP contribution >= 0.6 is 11.6 Å². The van der Waals surface area contributed by atoms with Crippen molar-refractivity contribution >= 4 is 38.9 Å². The van der Waals surface area contributed by atoms with Gasteiger partial charge >= 0.3 is 0 Å². The summed E-state index contributed by atoms with van der Waals surface area (Å²) in [5.41, 5.74) is 2.66. The lowest BCUT2D eigenvalue weighted by molar-refractivity contribution is 0.102. The predicted molar refractivity (Wildman–Crippen MR) is 113 cm³/mol. The van der Waals surface area contributed by atoms with E-state index >= 15 is 0 Å². The van der Waals surface area contributed by atoms with Crippen molar-refractivity contribution in [3.63, 3.8) is 0 Å². The topological polar surface area (TPSA) is 75.3 Å². The minimum atomic E-state index is -4.03. The fourth-order valence-corrected chi connectivity index (χ4v) is 4.37. The molecule has 0 aliphatic carbocycles. The highest BCUT2D eigenvalue weighted by Crippen LogP contribution is 2.27. The molecule has 29 heavy (non-hydrogen) atoms. The Morgan fingerprint density at radius 1 is 0.966 bits per heavy atom. The van der Waals surface area contributed by atoms with Gasteiger partial charge in [0.2, 0.25) is 0 Å². The molecule has 0 radical (unpaired) electrons. The fraction of sp³-hybridized carbons (Fsp3) is 0.0952. The maximum Gasteiger partial charge on any atom is 0.263 e. The predicted octanol–water partition coefficient (Wildman–Crippen LogP) is 5.15. The third-order valence-corrected chi connectivity index (χ3v) is 6.06. The highest BCUT2D eigenvalue weighted by molar-refractivity contribution is 7.92. The molecule has 0 heterocycles. The van der Waals surface area contributed by atoms with Gasteiger partial charge in [-0.05, 0) is 67.9 Å². The monoisotopic (exact) mass is 432 g/mol. The summed E-state index contributed by atoms with van der Waals surface area (Å²) in [6.45, 7) is 3.70. The van der Waals surface area contributed by atoms with Crippen molar-refractivity contribution in [1.29, 1.82) is 0 Å². The summed E-state index contributed by atoms with van der Waals surface area (Å²) in [6, 6.07) is 14.5. The number of halogens is 2. The number of amides is 1. The minimum absolute atomic E-state index is 0.0133. The van der Waals surface area contributed by atoms with E-state index in [0.29, 0.717) is 11.4 Å². The minimum Gasteiger partial charge on any atom is -0.322 e. The molecule has 150 valence electrons. The smallest absolute Gasteiger partial charge is 0.263 e. The molecule has 0 fully saturated rings. The summed E-state index contributed by atoms with van der Waals surface area (Å²) in [5, 5.41) is 2.57. The highest BCUT2D eigenvalue weighted by atomic mass is 35.5. The molecule has 0 bridgehead atoms. The van der Waals surface area contributed by atoms with Gasteiger partial charge in [-0.15, -0.1) is 0 Å². The van der Waals surface area contributed by atoms with Gasteiger partial charge in [-0.2, -0.15) is 0 Å². The highest BCUT2D eigenvalue weighted by Gasteiger charge is 2.21. The molecule has 5 nitrogen and oxygen atoms in total. The summed E-state index contributed by atoms with van der Waals surface area (Å²) in [5.74, 6) is -0.975. The van der Waals surface area contributed by atoms with E-state index in [4.69, 9.17) is 11.6 Å². The van der Waals surface area contributed by atoms with Crippen molar-refractivity contribution in [2.24, 2.45) is 0 Å². The van der Waals surface area contributed by atoms with E-state index in [1.165, 1.54) is 42.5 Å². The van der Waals surface area contributed by atoms with Crippen LogP contribution in [0.5, 0.6) is 0 Å². The van der Waals surface area contributed by atoms with Crippen LogP contribution in [0.3, 0.4) is 0 Å². The van der Waals surface area contributed by atoms with E-state index in [9.17, 15) is 17.6 Å². The Morgan fingerprint density at radius 3 is 2.31 bits per heavy atom. The molecule has 0 aliphatic rings. The first kappa shape index (κ1) is 20.8. The van der Waals surface area contributed by atoms with Crippen LogP contribution in [0.15, 0.2) is 65.6 Å². The van der Waals surface area contributed by atoms with Crippen molar-refractivity contribution < 1.29 is 17.6 Å². The number of sulfonamides is 1. The molecular weight excluding hydrogens is 415 g/mol. The van der Waals surface area contributed by atoms with Crippen molar-refractivity contribution in [3.05, 3.63) is 88.2 Å². The lowest BCUT2D eigenvalue weighted by atomic mass is 10.1. The van der Waals surface area contributed by atoms with Crippen molar-refractivity contribution in [2.75, 3.05) is 10.0 Å². The van der Waals surface area contributed by atoms with Crippen LogP contribution in [0, 0.1) is 19.7 Å². The van der Waals surface area contributed by atoms with Crippen molar-refractivity contribution in [2.45, 2.75) is 18.7 Å². The standard InChI is InChI=1S/C21H18ClFN2O3S/c1-13-3-10-19(14(2)11-13)25-29(27,28)20-12-15(4-9-18(20)22)21(26)24-17-7-5-16(23)6-8-17/h3-12,25H,1-2H3,(H,24,26). The Kier molecular flexibility index (Phi) is 5.91. The average Bonchev–Trinajstić information content (AvgIpc) is 2.66. The first-order valence-corrected chi connectivity index (χ1v) is 10.5. The second-order valence-electron chi connectivity index (χ2n) is 6.53. The Labute approximate surface area is 173 Å². The molecule has 3 aromatic rings. The van der Waals surface area contributed by atoms with Gasteiger partial charge < -0.3 is 5.32 Å². The molecule has 0 saturated carbocycles. The van der Waals surface area contributed by atoms with Gasteiger partial charge in [-0.3, -0.25) is 9.52 Å². The van der Waals surface area contributed by atoms with E-state index in [1.54, 1.807) is 19.1 Å². The number of carbonyl (C=O) groups is 1. The second-order valence-corrected chi connectivity index (χ2v) is 8.59. The van der Waals surface area contributed by atoms with Crippen molar-refractivity contribution in [3.8, 4) is 0 Å². The average molecular weight is 433 g/mol. The van der Waals surface area contributed by atoms with Gasteiger partial charge in [0.1, 0.15) is 10.7 Å². The number of hydrogen-bond acceptors (Lipinski definition) is 3. The summed E-state index contributed by atoms with van der Waals surface area (Å²) >= 11 is 6.10. The molecule has 0 saturated heterocycles. The van der Waals surface area contributed by atoms with Gasteiger partial charge in [0, 0.05) is 11.3 Å². The van der Waals surface area contributed by atoms with Gasteiger partial charge in [0.25, 0.3) is 15.9 Å². The van der Waals surface area contributed by atoms with E-state index in [1.807, 2.05) is 13.0 Å². The van der Waals surface area contributed by atoms with Crippen LogP contribution in [0.1, 0.15) is 21.5 Å². The van der Waals surface area contributed by atoms with Crippen molar-refractivity contribution in [1.82, 2.24) is 0 Å². The zero-order chi connectivity index (χ0) is 21.2. The molecule has 0 aliphatic heterocycles. The maximum absolute atomic E-state index is 13.0. The van der Waals surface area contributed by atoms with E-state index < -0.39 is 21.7 Å². The maximum atomic E-state index is 13.0. The number of hydrogen-bond donors (Lipinski definition) is 2. The quantitative estimate of drug-likeness (QED) is 0.585. The lowest BCUT2D eigenvalue weighted by Gasteiger charge is -2.13. The van der Waals surface area contributed by atoms with Gasteiger partial charge in [-0.25, -0.2) is 12.8 Å². The number of nitrogens with one attached hydrogen (secondary N) is 2. The Morgan fingerprint density at radius 2 is 1.66 bits per heavy atom. The summed E-state index contributed by atoms with van der Waals surface area (Å²) in [7, 11) is -4.03. The van der Waals surface area contributed by atoms with Gasteiger partial charge in [0.05, 0.1) is 10.7 Å². The third-order valence-electron chi connectivity index (χ3n) is 4.21. The van der Waals surface area contributed by atoms with Crippen LogP contribution in [-0.4, -0.2) is 14.3 Å². The Hall–Kier alpha value is -2.90. The number of rotatable bonds is 5. The van der Waals surface area contributed by atoms with Gasteiger partial charge in [-0.1, -0.05) is 29.3 Å². The zero-order valence-electron chi connectivity index (χ0n) is 15.7. The SMILES string of the molecule is Cc1ccc(NS(=O)(=O)c2cc(C(=O)Nc3ccc(F)cc3)ccc2Cl)c(C)c1. The molecule has 0 unspecified atom stereocenters. The second kappa shape index (κ2) is 8.23. The van der Waals surface area contributed by atoms with Crippen LogP contribution < -0.4 is 10.0 Å². The number of anilines is 2. The Balaban J connectivity index is 1.89. The van der Waals surface area contributed by atoms with Crippen LogP contribution in [0.2, 0.25) is 5.02 Å². The molecule has 0 spiro atoms. The van der Waals surface area contributed by atoms with Crippen LogP contribution in [-0.2, 0) is 10.0 Å². The van der Waals surface area contributed by atoms with Crippen LogP contribution in [0.25, 0.3) is 0 Å². The molecule has 3 rings (SSSR count). The summed E-state index contributed by atoms with van der Waals surface area (Å²) in [4.78, 5) is 12.3. The number of carbonyl (C=O) groups excluding carboxylic acids is 1. The summed E-state index contributed by atoms with van der Waals surface area (Å²) < 4.78 is 41.2. The third kappa shape index (κ3) is 4.93. The molecule has 0 atom stereocenters. The molecule has 0 aromatic heterocycles. The fourth-order valence-electron chi connectivity index (χ4n) is 2.71. The Bertz CT molecular complexity index is 1180. The first-order chi connectivity index (χ1) is 13.7. The lowest BCUT2D eigenvalue weighted by Crippen LogP contribution is -2.17. The normalized spacial score (nSPS) is 11.2. The van der Waals surface area contributed by atoms with E-state index in [-0.39, 0.29) is 15.5 Å².